The van der Waals surface area contributed by atoms with Gasteiger partial charge in [-0.2, -0.15) is 0 Å². The summed E-state index contributed by atoms with van der Waals surface area (Å²) in [7, 11) is 0. The molecular formula is C33H51N3O6S. The third-order valence-electron chi connectivity index (χ3n) is 7.46. The van der Waals surface area contributed by atoms with Crippen molar-refractivity contribution < 1.29 is 28.7 Å². The molecule has 2 rings (SSSR count). The predicted octanol–water partition coefficient (Wildman–Crippen LogP) is 5.39. The van der Waals surface area contributed by atoms with Crippen LogP contribution in [0.4, 0.5) is 0 Å². The van der Waals surface area contributed by atoms with Gasteiger partial charge in [-0.05, 0) is 43.5 Å². The quantitative estimate of drug-likeness (QED) is 0.107. The van der Waals surface area contributed by atoms with Gasteiger partial charge in [-0.25, -0.2) is 0 Å². The van der Waals surface area contributed by atoms with E-state index in [1.807, 2.05) is 30.3 Å². The molecule has 43 heavy (non-hydrogen) atoms. The highest BCUT2D eigenvalue weighted by molar-refractivity contribution is 7.80. The number of ether oxygens (including phenoxy) is 2. The molecule has 0 saturated carbocycles. The van der Waals surface area contributed by atoms with Crippen LogP contribution in [-0.4, -0.2) is 66.1 Å². The second-order valence-electron chi connectivity index (χ2n) is 11.1. The normalized spacial score (nSPS) is 14.6. The lowest BCUT2D eigenvalue weighted by atomic mass is 10.1. The van der Waals surface area contributed by atoms with E-state index in [-0.39, 0.29) is 42.2 Å². The minimum absolute atomic E-state index is 0.0882. The summed E-state index contributed by atoms with van der Waals surface area (Å²) in [6.07, 6.45) is 13.9. The largest absolute Gasteiger partial charge is 0.466 e. The van der Waals surface area contributed by atoms with Crippen LogP contribution in [0.5, 0.6) is 0 Å². The summed E-state index contributed by atoms with van der Waals surface area (Å²) in [6.45, 7) is 3.62. The van der Waals surface area contributed by atoms with E-state index >= 15 is 0 Å². The van der Waals surface area contributed by atoms with Crippen molar-refractivity contribution in [2.24, 2.45) is 0 Å². The standard InChI is InChI=1S/C33H51N3O6S/c1-2-3-4-5-6-7-8-9-10-14-24-42-31(39)26-28-32(40)34-22-23-36(28)33(43)35-29(37)20-15-21-30(38)41-25-16-19-27-17-12-11-13-18-27/h11-13,17-18,28H,2-10,14-16,19-26H2,1H3,(H,34,40)(H,35,37,43). The molecule has 0 aliphatic carbocycles. The van der Waals surface area contributed by atoms with Gasteiger partial charge in [-0.15, -0.1) is 0 Å². The molecule has 1 aromatic carbocycles. The summed E-state index contributed by atoms with van der Waals surface area (Å²) in [4.78, 5) is 51.0. The molecule has 0 spiro atoms. The van der Waals surface area contributed by atoms with Crippen LogP contribution in [0, 0.1) is 0 Å². The van der Waals surface area contributed by atoms with E-state index in [1.165, 1.54) is 50.5 Å². The molecule has 1 fully saturated rings. The highest BCUT2D eigenvalue weighted by atomic mass is 32.1. The Hall–Kier alpha value is -3.01. The van der Waals surface area contributed by atoms with Crippen LogP contribution in [0.25, 0.3) is 0 Å². The molecule has 0 radical (unpaired) electrons. The van der Waals surface area contributed by atoms with Gasteiger partial charge in [-0.1, -0.05) is 95.0 Å². The molecule has 2 N–H and O–H groups in total. The topological polar surface area (TPSA) is 114 Å². The van der Waals surface area contributed by atoms with Gasteiger partial charge in [0.25, 0.3) is 0 Å². The molecule has 1 heterocycles. The first kappa shape index (κ1) is 36.2. The van der Waals surface area contributed by atoms with Crippen molar-refractivity contribution in [3.05, 3.63) is 35.9 Å². The average Bonchev–Trinajstić information content (AvgIpc) is 2.99. The molecule has 0 aromatic heterocycles. The van der Waals surface area contributed by atoms with Crippen molar-refractivity contribution in [3.63, 3.8) is 0 Å². The van der Waals surface area contributed by atoms with Crippen molar-refractivity contribution in [2.75, 3.05) is 26.3 Å². The van der Waals surface area contributed by atoms with Crippen LogP contribution in [0.2, 0.25) is 0 Å². The van der Waals surface area contributed by atoms with Crippen LogP contribution in [0.15, 0.2) is 30.3 Å². The average molecular weight is 618 g/mol. The Morgan fingerprint density at radius 1 is 0.860 bits per heavy atom. The van der Waals surface area contributed by atoms with Crippen molar-refractivity contribution in [1.29, 1.82) is 0 Å². The predicted molar refractivity (Wildman–Crippen MR) is 171 cm³/mol. The van der Waals surface area contributed by atoms with Gasteiger partial charge in [0.15, 0.2) is 5.11 Å². The van der Waals surface area contributed by atoms with Gasteiger partial charge in [0, 0.05) is 25.9 Å². The first-order valence-electron chi connectivity index (χ1n) is 16.1. The summed E-state index contributed by atoms with van der Waals surface area (Å²) in [6, 6.07) is 9.15. The highest BCUT2D eigenvalue weighted by Gasteiger charge is 2.34. The Morgan fingerprint density at radius 2 is 1.49 bits per heavy atom. The molecule has 2 amide bonds. The Kier molecular flexibility index (Phi) is 18.9. The SMILES string of the molecule is CCCCCCCCCCCCOC(=O)CC1C(=O)NCCN1C(=S)NC(=O)CCCC(=O)OCCCc1ccccc1. The maximum Gasteiger partial charge on any atom is 0.308 e. The molecule has 240 valence electrons. The van der Waals surface area contributed by atoms with Gasteiger partial charge < -0.3 is 25.0 Å². The lowest BCUT2D eigenvalue weighted by Crippen LogP contribution is -2.60. The number of carbonyl (C=O) groups excluding carboxylic acids is 4. The number of piperazine rings is 1. The Morgan fingerprint density at radius 3 is 2.19 bits per heavy atom. The fourth-order valence-corrected chi connectivity index (χ4v) is 5.31. The number of rotatable bonds is 21. The number of hydrogen-bond donors (Lipinski definition) is 2. The monoisotopic (exact) mass is 617 g/mol. The minimum atomic E-state index is -0.840. The Labute approximate surface area is 262 Å². The number of hydrogen-bond acceptors (Lipinski definition) is 7. The first-order chi connectivity index (χ1) is 20.9. The van der Waals surface area contributed by atoms with Crippen molar-refractivity contribution in [1.82, 2.24) is 15.5 Å². The summed E-state index contributed by atoms with van der Waals surface area (Å²) in [5.41, 5.74) is 1.20. The maximum absolute atomic E-state index is 12.5. The van der Waals surface area contributed by atoms with Crippen LogP contribution in [0.3, 0.4) is 0 Å². The van der Waals surface area contributed by atoms with Gasteiger partial charge in [0.1, 0.15) is 6.04 Å². The van der Waals surface area contributed by atoms with Gasteiger partial charge in [0.05, 0.1) is 19.6 Å². The van der Waals surface area contributed by atoms with Crippen molar-refractivity contribution >= 4 is 41.1 Å². The highest BCUT2D eigenvalue weighted by Crippen LogP contribution is 2.13. The number of benzene rings is 1. The van der Waals surface area contributed by atoms with Gasteiger partial charge in [0.2, 0.25) is 11.8 Å². The number of unbranched alkanes of at least 4 members (excludes halogenated alkanes) is 9. The second-order valence-corrected chi connectivity index (χ2v) is 11.5. The number of esters is 2. The van der Waals surface area contributed by atoms with E-state index in [4.69, 9.17) is 21.7 Å². The van der Waals surface area contributed by atoms with Gasteiger partial charge in [-0.3, -0.25) is 19.2 Å². The molecule has 1 aliphatic heterocycles. The number of nitrogens with one attached hydrogen (secondary N) is 2. The maximum atomic E-state index is 12.5. The molecular weight excluding hydrogens is 566 g/mol. The van der Waals surface area contributed by atoms with Crippen LogP contribution >= 0.6 is 12.2 Å². The van der Waals surface area contributed by atoms with Crippen molar-refractivity contribution in [2.45, 2.75) is 116 Å². The van der Waals surface area contributed by atoms with Crippen LogP contribution in [-0.2, 0) is 35.1 Å². The van der Waals surface area contributed by atoms with Crippen molar-refractivity contribution in [3.8, 4) is 0 Å². The second kappa shape index (κ2) is 22.5. The van der Waals surface area contributed by atoms with E-state index < -0.39 is 12.0 Å². The molecule has 10 heteroatoms. The third kappa shape index (κ3) is 16.4. The minimum Gasteiger partial charge on any atom is -0.466 e. The lowest BCUT2D eigenvalue weighted by Gasteiger charge is -2.36. The van der Waals surface area contributed by atoms with E-state index in [9.17, 15) is 19.2 Å². The Balaban J connectivity index is 1.59. The lowest BCUT2D eigenvalue weighted by molar-refractivity contribution is -0.147. The summed E-state index contributed by atoms with van der Waals surface area (Å²) in [5.74, 6) is -1.48. The third-order valence-corrected chi connectivity index (χ3v) is 7.80. The molecule has 1 atom stereocenters. The molecule has 1 aromatic rings. The summed E-state index contributed by atoms with van der Waals surface area (Å²) in [5, 5.41) is 5.49. The number of amides is 2. The van der Waals surface area contributed by atoms with Gasteiger partial charge >= 0.3 is 11.9 Å². The van der Waals surface area contributed by atoms with E-state index in [0.29, 0.717) is 32.7 Å². The number of thiocarbonyl (C=S) groups is 1. The smallest absolute Gasteiger partial charge is 0.308 e. The zero-order valence-corrected chi connectivity index (χ0v) is 26.7. The Bertz CT molecular complexity index is 990. The zero-order valence-electron chi connectivity index (χ0n) is 25.9. The molecule has 1 saturated heterocycles. The zero-order chi connectivity index (χ0) is 31.1. The summed E-state index contributed by atoms with van der Waals surface area (Å²) < 4.78 is 10.7. The first-order valence-corrected chi connectivity index (χ1v) is 16.5. The molecule has 1 aliphatic rings. The van der Waals surface area contributed by atoms with E-state index in [2.05, 4.69) is 17.6 Å². The van der Waals surface area contributed by atoms with E-state index in [1.54, 1.807) is 4.90 Å². The number of nitrogens with zero attached hydrogens (tertiary/aromatic N) is 1. The molecule has 1 unspecified atom stereocenters. The number of aryl methyl sites for hydroxylation is 1. The fraction of sp³-hybridized carbons (Fsp3) is 0.667. The molecule has 0 bridgehead atoms. The fourth-order valence-electron chi connectivity index (χ4n) is 4.98. The number of carbonyl (C=O) groups is 4. The molecule has 9 nitrogen and oxygen atoms in total. The summed E-state index contributed by atoms with van der Waals surface area (Å²) >= 11 is 5.40. The van der Waals surface area contributed by atoms with Crippen LogP contribution < -0.4 is 10.6 Å². The van der Waals surface area contributed by atoms with E-state index in [0.717, 1.165) is 32.1 Å². The van der Waals surface area contributed by atoms with Crippen LogP contribution in [0.1, 0.15) is 109 Å².